The minimum absolute atomic E-state index is 0.147. The van der Waals surface area contributed by atoms with Gasteiger partial charge < -0.3 is 10.1 Å². The highest BCUT2D eigenvalue weighted by Crippen LogP contribution is 2.20. The lowest BCUT2D eigenvalue weighted by atomic mass is 9.94. The Morgan fingerprint density at radius 1 is 1.43 bits per heavy atom. The number of aryl methyl sites for hydroxylation is 1. The van der Waals surface area contributed by atoms with Crippen molar-refractivity contribution >= 4 is 0 Å². The maximum absolute atomic E-state index is 13.4. The van der Waals surface area contributed by atoms with E-state index in [4.69, 9.17) is 4.74 Å². The lowest BCUT2D eigenvalue weighted by Gasteiger charge is -2.17. The third-order valence-electron chi connectivity index (χ3n) is 3.30. The molecule has 0 radical (unpaired) electrons. The quantitative estimate of drug-likeness (QED) is 0.750. The number of hydrogen-bond donors (Lipinski definition) is 1. The molecule has 1 N–H and O–H groups in total. The standard InChI is InChI=1S/C15H21FN4O/c1-20-11-15(18-19-20)9-13(10-17-6-7-21-2)12-4-3-5-14(16)8-12/h3-5,8,11,13,17H,6-7,9-10H2,1-2H3. The minimum atomic E-state index is -0.214. The molecule has 0 aliphatic carbocycles. The van der Waals surface area contributed by atoms with Crippen LogP contribution in [0.3, 0.4) is 0 Å². The van der Waals surface area contributed by atoms with Crippen molar-refractivity contribution in [1.29, 1.82) is 0 Å². The first kappa shape index (κ1) is 15.6. The monoisotopic (exact) mass is 292 g/mol. The molecule has 0 saturated heterocycles. The van der Waals surface area contributed by atoms with E-state index in [1.165, 1.54) is 6.07 Å². The maximum Gasteiger partial charge on any atom is 0.123 e. The van der Waals surface area contributed by atoms with E-state index in [1.807, 2.05) is 19.3 Å². The molecular weight excluding hydrogens is 271 g/mol. The van der Waals surface area contributed by atoms with Gasteiger partial charge in [0.15, 0.2) is 0 Å². The largest absolute Gasteiger partial charge is 0.383 e. The number of hydrogen-bond acceptors (Lipinski definition) is 4. The van der Waals surface area contributed by atoms with Crippen LogP contribution in [0, 0.1) is 5.82 Å². The lowest BCUT2D eigenvalue weighted by Crippen LogP contribution is -2.26. The molecule has 2 aromatic rings. The fourth-order valence-corrected chi connectivity index (χ4v) is 2.26. The molecule has 1 heterocycles. The number of rotatable bonds is 8. The van der Waals surface area contributed by atoms with Crippen molar-refractivity contribution < 1.29 is 9.13 Å². The van der Waals surface area contributed by atoms with Gasteiger partial charge in [0.25, 0.3) is 0 Å². The van der Waals surface area contributed by atoms with Gasteiger partial charge >= 0.3 is 0 Å². The molecule has 0 saturated carbocycles. The van der Waals surface area contributed by atoms with Crippen LogP contribution in [0.4, 0.5) is 4.39 Å². The van der Waals surface area contributed by atoms with E-state index in [9.17, 15) is 4.39 Å². The Morgan fingerprint density at radius 3 is 2.95 bits per heavy atom. The van der Waals surface area contributed by atoms with Crippen LogP contribution in [0.2, 0.25) is 0 Å². The Kier molecular flexibility index (Phi) is 5.83. The molecule has 0 fully saturated rings. The van der Waals surface area contributed by atoms with Crippen molar-refractivity contribution in [1.82, 2.24) is 20.3 Å². The summed E-state index contributed by atoms with van der Waals surface area (Å²) in [7, 11) is 3.51. The van der Waals surface area contributed by atoms with Crippen molar-refractivity contribution in [3.8, 4) is 0 Å². The molecule has 0 aliphatic rings. The third kappa shape index (κ3) is 4.91. The second-order valence-electron chi connectivity index (χ2n) is 5.04. The summed E-state index contributed by atoms with van der Waals surface area (Å²) < 4.78 is 20.1. The molecule has 5 nitrogen and oxygen atoms in total. The van der Waals surface area contributed by atoms with Crippen molar-refractivity contribution in [3.05, 3.63) is 47.5 Å². The predicted octanol–water partition coefficient (Wildman–Crippen LogP) is 1.52. The molecule has 0 aliphatic heterocycles. The summed E-state index contributed by atoms with van der Waals surface area (Å²) in [6.45, 7) is 2.16. The Balaban J connectivity index is 2.06. The minimum Gasteiger partial charge on any atom is -0.383 e. The van der Waals surface area contributed by atoms with Crippen LogP contribution >= 0.6 is 0 Å². The van der Waals surface area contributed by atoms with Crippen molar-refractivity contribution in [3.63, 3.8) is 0 Å². The van der Waals surface area contributed by atoms with Crippen LogP contribution in [0.5, 0.6) is 0 Å². The van der Waals surface area contributed by atoms with Crippen LogP contribution in [0.25, 0.3) is 0 Å². The van der Waals surface area contributed by atoms with E-state index >= 15 is 0 Å². The van der Waals surface area contributed by atoms with Gasteiger partial charge in [-0.05, 0) is 17.7 Å². The topological polar surface area (TPSA) is 52.0 Å². The smallest absolute Gasteiger partial charge is 0.123 e. The zero-order valence-corrected chi connectivity index (χ0v) is 12.4. The molecule has 1 unspecified atom stereocenters. The lowest BCUT2D eigenvalue weighted by molar-refractivity contribution is 0.199. The zero-order chi connectivity index (χ0) is 15.1. The van der Waals surface area contributed by atoms with E-state index < -0.39 is 0 Å². The zero-order valence-electron chi connectivity index (χ0n) is 12.4. The number of ether oxygens (including phenoxy) is 1. The molecule has 0 bridgehead atoms. The number of methoxy groups -OCH3 is 1. The van der Waals surface area contributed by atoms with Gasteiger partial charge in [-0.15, -0.1) is 5.10 Å². The summed E-state index contributed by atoms with van der Waals surface area (Å²) in [4.78, 5) is 0. The van der Waals surface area contributed by atoms with E-state index in [-0.39, 0.29) is 11.7 Å². The fraction of sp³-hybridized carbons (Fsp3) is 0.467. The molecule has 21 heavy (non-hydrogen) atoms. The highest BCUT2D eigenvalue weighted by atomic mass is 19.1. The van der Waals surface area contributed by atoms with Gasteiger partial charge in [-0.25, -0.2) is 4.39 Å². The van der Waals surface area contributed by atoms with Crippen LogP contribution in [0.15, 0.2) is 30.5 Å². The summed E-state index contributed by atoms with van der Waals surface area (Å²) in [5, 5.41) is 11.4. The van der Waals surface area contributed by atoms with Gasteiger partial charge in [-0.2, -0.15) is 0 Å². The summed E-state index contributed by atoms with van der Waals surface area (Å²) in [6, 6.07) is 6.73. The van der Waals surface area contributed by atoms with Gasteiger partial charge in [0.05, 0.1) is 12.3 Å². The molecule has 0 amide bonds. The Hall–Kier alpha value is -1.79. The molecule has 6 heteroatoms. The van der Waals surface area contributed by atoms with Crippen molar-refractivity contribution in [2.45, 2.75) is 12.3 Å². The highest BCUT2D eigenvalue weighted by Gasteiger charge is 2.15. The van der Waals surface area contributed by atoms with E-state index in [2.05, 4.69) is 15.6 Å². The number of nitrogens with one attached hydrogen (secondary N) is 1. The third-order valence-corrected chi connectivity index (χ3v) is 3.30. The van der Waals surface area contributed by atoms with E-state index in [1.54, 1.807) is 23.9 Å². The summed E-state index contributed by atoms with van der Waals surface area (Å²) in [6.07, 6.45) is 2.61. The first-order valence-electron chi connectivity index (χ1n) is 6.99. The molecule has 1 aromatic heterocycles. The summed E-state index contributed by atoms with van der Waals surface area (Å²) >= 11 is 0. The molecular formula is C15H21FN4O. The summed E-state index contributed by atoms with van der Waals surface area (Å²) in [5.74, 6) is -0.0669. The van der Waals surface area contributed by atoms with Gasteiger partial charge in [-0.1, -0.05) is 17.3 Å². The van der Waals surface area contributed by atoms with Gasteiger partial charge in [0.2, 0.25) is 0 Å². The first-order chi connectivity index (χ1) is 10.2. The first-order valence-corrected chi connectivity index (χ1v) is 6.99. The summed E-state index contributed by atoms with van der Waals surface area (Å²) in [5.41, 5.74) is 1.87. The maximum atomic E-state index is 13.4. The van der Waals surface area contributed by atoms with Crippen LogP contribution in [-0.4, -0.2) is 41.8 Å². The van der Waals surface area contributed by atoms with Gasteiger partial charge in [-0.3, -0.25) is 4.68 Å². The molecule has 2 rings (SSSR count). The Labute approximate surface area is 124 Å². The van der Waals surface area contributed by atoms with E-state index in [0.717, 1.165) is 30.8 Å². The van der Waals surface area contributed by atoms with Crippen molar-refractivity contribution in [2.24, 2.45) is 7.05 Å². The normalized spacial score (nSPS) is 12.5. The van der Waals surface area contributed by atoms with Gasteiger partial charge in [0, 0.05) is 45.8 Å². The second-order valence-corrected chi connectivity index (χ2v) is 5.04. The number of benzene rings is 1. The fourth-order valence-electron chi connectivity index (χ4n) is 2.26. The van der Waals surface area contributed by atoms with E-state index in [0.29, 0.717) is 6.61 Å². The van der Waals surface area contributed by atoms with Crippen molar-refractivity contribution in [2.75, 3.05) is 26.8 Å². The second kappa shape index (κ2) is 7.85. The SMILES string of the molecule is COCCNCC(Cc1cn(C)nn1)c1cccc(F)c1. The van der Waals surface area contributed by atoms with Crippen LogP contribution in [-0.2, 0) is 18.2 Å². The number of halogens is 1. The average molecular weight is 292 g/mol. The Morgan fingerprint density at radius 2 is 2.29 bits per heavy atom. The molecule has 1 aromatic carbocycles. The number of aromatic nitrogens is 3. The molecule has 1 atom stereocenters. The molecule has 114 valence electrons. The predicted molar refractivity (Wildman–Crippen MR) is 78.6 cm³/mol. The van der Waals surface area contributed by atoms with Gasteiger partial charge in [0.1, 0.15) is 5.82 Å². The van der Waals surface area contributed by atoms with Crippen LogP contribution < -0.4 is 5.32 Å². The number of nitrogens with zero attached hydrogens (tertiary/aromatic N) is 3. The Bertz CT molecular complexity index is 558. The highest BCUT2D eigenvalue weighted by molar-refractivity contribution is 5.22. The average Bonchev–Trinajstić information content (AvgIpc) is 2.87. The van der Waals surface area contributed by atoms with Crippen LogP contribution in [0.1, 0.15) is 17.2 Å². The molecule has 0 spiro atoms.